The van der Waals surface area contributed by atoms with Crippen LogP contribution in [-0.2, 0) is 4.79 Å². The zero-order valence-corrected chi connectivity index (χ0v) is 8.09. The zero-order valence-electron chi connectivity index (χ0n) is 8.09. The summed E-state index contributed by atoms with van der Waals surface area (Å²) in [6.45, 7) is 5.85. The van der Waals surface area contributed by atoms with E-state index in [0.717, 1.165) is 5.57 Å². The van der Waals surface area contributed by atoms with Crippen LogP contribution in [0.1, 0.15) is 27.2 Å². The molecule has 1 heterocycles. The molecule has 1 aliphatic rings. The highest BCUT2D eigenvalue weighted by Gasteiger charge is 2.39. The molecule has 0 unspecified atom stereocenters. The fourth-order valence-electron chi connectivity index (χ4n) is 1.15. The number of hydrogen-bond acceptors (Lipinski definition) is 3. The molecule has 4 heteroatoms. The molecule has 0 radical (unpaired) electrons. The molecular formula is C9H15NO3. The van der Waals surface area contributed by atoms with Gasteiger partial charge in [-0.05, 0) is 11.0 Å². The van der Waals surface area contributed by atoms with Gasteiger partial charge < -0.3 is 15.5 Å². The number of carbonyl (C=O) groups is 1. The smallest absolute Gasteiger partial charge is 0.284 e. The second-order valence-electron chi connectivity index (χ2n) is 4.39. The van der Waals surface area contributed by atoms with Gasteiger partial charge in [0.1, 0.15) is 0 Å². The molecule has 13 heavy (non-hydrogen) atoms. The molecule has 0 atom stereocenters. The third kappa shape index (κ3) is 2.08. The van der Waals surface area contributed by atoms with E-state index in [0.29, 0.717) is 0 Å². The molecule has 0 aromatic heterocycles. The van der Waals surface area contributed by atoms with Gasteiger partial charge in [0, 0.05) is 12.6 Å². The number of aliphatic hydroxyl groups is 2. The minimum Gasteiger partial charge on any atom is -0.358 e. The maximum absolute atomic E-state index is 10.9. The van der Waals surface area contributed by atoms with Crippen LogP contribution in [0.15, 0.2) is 11.8 Å². The Bertz CT molecular complexity index is 261. The maximum atomic E-state index is 10.9. The number of carbonyl (C=O) groups excluding carboxylic acids is 1. The Labute approximate surface area is 77.3 Å². The minimum absolute atomic E-state index is 0.0255. The fourth-order valence-corrected chi connectivity index (χ4v) is 1.15. The second-order valence-corrected chi connectivity index (χ2v) is 4.39. The minimum atomic E-state index is -2.25. The summed E-state index contributed by atoms with van der Waals surface area (Å²) >= 11 is 0. The third-order valence-electron chi connectivity index (χ3n) is 2.14. The van der Waals surface area contributed by atoms with Gasteiger partial charge in [0.25, 0.3) is 5.91 Å². The van der Waals surface area contributed by atoms with Gasteiger partial charge in [-0.25, -0.2) is 0 Å². The van der Waals surface area contributed by atoms with E-state index in [1.165, 1.54) is 0 Å². The Morgan fingerprint density at radius 1 is 1.46 bits per heavy atom. The maximum Gasteiger partial charge on any atom is 0.284 e. The summed E-state index contributed by atoms with van der Waals surface area (Å²) in [5.74, 6) is -3.02. The Balaban J connectivity index is 2.90. The summed E-state index contributed by atoms with van der Waals surface area (Å²) in [4.78, 5) is 10.9. The van der Waals surface area contributed by atoms with E-state index >= 15 is 0 Å². The van der Waals surface area contributed by atoms with Crippen LogP contribution >= 0.6 is 0 Å². The van der Waals surface area contributed by atoms with Crippen molar-refractivity contribution >= 4 is 5.91 Å². The van der Waals surface area contributed by atoms with Crippen LogP contribution in [0.4, 0.5) is 0 Å². The largest absolute Gasteiger partial charge is 0.358 e. The van der Waals surface area contributed by atoms with Gasteiger partial charge in [-0.15, -0.1) is 0 Å². The molecule has 4 nitrogen and oxygen atoms in total. The summed E-state index contributed by atoms with van der Waals surface area (Å²) in [7, 11) is 0. The second kappa shape index (κ2) is 2.82. The lowest BCUT2D eigenvalue weighted by molar-refractivity contribution is -0.186. The summed E-state index contributed by atoms with van der Waals surface area (Å²) in [6.07, 6.45) is 1.52. The molecule has 0 saturated heterocycles. The van der Waals surface area contributed by atoms with Crippen LogP contribution < -0.4 is 5.32 Å². The van der Waals surface area contributed by atoms with Crippen LogP contribution in [0.3, 0.4) is 0 Å². The van der Waals surface area contributed by atoms with Crippen LogP contribution in [0.2, 0.25) is 0 Å². The van der Waals surface area contributed by atoms with Crippen molar-refractivity contribution in [2.45, 2.75) is 33.0 Å². The molecule has 1 aliphatic heterocycles. The lowest BCUT2D eigenvalue weighted by Crippen LogP contribution is -2.49. The first-order valence-electron chi connectivity index (χ1n) is 4.19. The summed E-state index contributed by atoms with van der Waals surface area (Å²) in [5.41, 5.74) is 0.654. The van der Waals surface area contributed by atoms with Crippen LogP contribution in [0, 0.1) is 5.41 Å². The predicted molar refractivity (Wildman–Crippen MR) is 47.5 cm³/mol. The number of rotatable bonds is 0. The normalized spacial score (nSPS) is 22.2. The Morgan fingerprint density at radius 3 is 2.38 bits per heavy atom. The molecule has 0 spiro atoms. The lowest BCUT2D eigenvalue weighted by atomic mass is 9.81. The number of amides is 1. The van der Waals surface area contributed by atoms with E-state index in [4.69, 9.17) is 0 Å². The Kier molecular flexibility index (Phi) is 2.21. The average molecular weight is 185 g/mol. The molecule has 74 valence electrons. The van der Waals surface area contributed by atoms with Gasteiger partial charge in [0.15, 0.2) is 0 Å². The van der Waals surface area contributed by atoms with Gasteiger partial charge in [0.2, 0.25) is 5.79 Å². The highest BCUT2D eigenvalue weighted by molar-refractivity contribution is 5.85. The van der Waals surface area contributed by atoms with Gasteiger partial charge in [-0.3, -0.25) is 4.79 Å². The first-order chi connectivity index (χ1) is 5.73. The van der Waals surface area contributed by atoms with Crippen molar-refractivity contribution in [1.29, 1.82) is 0 Å². The van der Waals surface area contributed by atoms with Crippen LogP contribution in [-0.4, -0.2) is 21.9 Å². The van der Waals surface area contributed by atoms with E-state index < -0.39 is 11.7 Å². The Morgan fingerprint density at radius 2 is 2.00 bits per heavy atom. The molecule has 0 aromatic rings. The van der Waals surface area contributed by atoms with E-state index in [2.05, 4.69) is 5.32 Å². The van der Waals surface area contributed by atoms with E-state index in [9.17, 15) is 15.0 Å². The van der Waals surface area contributed by atoms with E-state index in [-0.39, 0.29) is 11.8 Å². The quantitative estimate of drug-likeness (QED) is 0.469. The molecule has 0 saturated carbocycles. The lowest BCUT2D eigenvalue weighted by Gasteiger charge is -2.32. The van der Waals surface area contributed by atoms with Crippen molar-refractivity contribution in [3.05, 3.63) is 11.8 Å². The highest BCUT2D eigenvalue weighted by Crippen LogP contribution is 2.32. The van der Waals surface area contributed by atoms with Crippen molar-refractivity contribution in [3.8, 4) is 0 Å². The molecule has 3 N–H and O–H groups in total. The van der Waals surface area contributed by atoms with Crippen molar-refractivity contribution in [1.82, 2.24) is 5.32 Å². The highest BCUT2D eigenvalue weighted by atomic mass is 16.5. The SMILES string of the molecule is CC(C)(C)C1=CNC(=O)C(O)(O)C1. The first kappa shape index (κ1) is 10.2. The van der Waals surface area contributed by atoms with E-state index in [1.807, 2.05) is 20.8 Å². The summed E-state index contributed by atoms with van der Waals surface area (Å²) in [5, 5.41) is 20.9. The predicted octanol–water partition coefficient (Wildman–Crippen LogP) is 0.117. The van der Waals surface area contributed by atoms with Crippen LogP contribution in [0.25, 0.3) is 0 Å². The molecule has 1 amide bonds. The summed E-state index contributed by atoms with van der Waals surface area (Å²) < 4.78 is 0. The molecule has 0 aliphatic carbocycles. The standard InChI is InChI=1S/C9H15NO3/c1-8(2,3)6-4-9(12,13)7(11)10-5-6/h5,12-13H,4H2,1-3H3,(H,10,11). The van der Waals surface area contributed by atoms with Gasteiger partial charge in [-0.1, -0.05) is 20.8 Å². The topological polar surface area (TPSA) is 69.6 Å². The molecule has 0 fully saturated rings. The summed E-state index contributed by atoms with van der Waals surface area (Å²) in [6, 6.07) is 0. The number of hydrogen-bond donors (Lipinski definition) is 3. The van der Waals surface area contributed by atoms with Gasteiger partial charge >= 0.3 is 0 Å². The number of nitrogens with one attached hydrogen (secondary N) is 1. The zero-order chi connectivity index (χ0) is 10.3. The van der Waals surface area contributed by atoms with E-state index in [1.54, 1.807) is 6.20 Å². The molecule has 1 rings (SSSR count). The molecule has 0 aromatic carbocycles. The monoisotopic (exact) mass is 185 g/mol. The molecule has 0 bridgehead atoms. The van der Waals surface area contributed by atoms with Gasteiger partial charge in [0.05, 0.1) is 0 Å². The van der Waals surface area contributed by atoms with Crippen molar-refractivity contribution in [2.24, 2.45) is 5.41 Å². The third-order valence-corrected chi connectivity index (χ3v) is 2.14. The van der Waals surface area contributed by atoms with Crippen molar-refractivity contribution in [2.75, 3.05) is 0 Å². The van der Waals surface area contributed by atoms with Crippen molar-refractivity contribution < 1.29 is 15.0 Å². The molecular weight excluding hydrogens is 170 g/mol. The van der Waals surface area contributed by atoms with Gasteiger partial charge in [-0.2, -0.15) is 0 Å². The van der Waals surface area contributed by atoms with Crippen LogP contribution in [0.5, 0.6) is 0 Å². The first-order valence-corrected chi connectivity index (χ1v) is 4.19. The fraction of sp³-hybridized carbons (Fsp3) is 0.667. The van der Waals surface area contributed by atoms with Crippen molar-refractivity contribution in [3.63, 3.8) is 0 Å². The average Bonchev–Trinajstić information content (AvgIpc) is 1.92. The Hall–Kier alpha value is -0.870.